The third-order valence-electron chi connectivity index (χ3n) is 11.7. The molecule has 256 valence electrons. The minimum atomic E-state index is -3.96. The topological polar surface area (TPSA) is 128 Å². The number of anilines is 3. The smallest absolute Gasteiger partial charge is 0.325 e. The second-order valence-electron chi connectivity index (χ2n) is 15.2. The second kappa shape index (κ2) is 17.1. The van der Waals surface area contributed by atoms with Crippen molar-refractivity contribution in [3.8, 4) is 0 Å². The fraction of sp³-hybridized carbons (Fsp3) is 0.886. The normalized spacial score (nSPS) is 25.1. The van der Waals surface area contributed by atoms with E-state index < -0.39 is 7.60 Å². The summed E-state index contributed by atoms with van der Waals surface area (Å²) in [6.45, 7) is 4.23. The molecule has 4 aliphatic rings. The van der Waals surface area contributed by atoms with Crippen LogP contribution in [0.1, 0.15) is 135 Å². The molecule has 5 N–H and O–H groups in total. The molecular weight excluding hydrogens is 583 g/mol. The third-order valence-corrected chi connectivity index (χ3v) is 12.6. The highest BCUT2D eigenvalue weighted by molar-refractivity contribution is 7.51. The van der Waals surface area contributed by atoms with Crippen molar-refractivity contribution in [2.75, 3.05) is 54.8 Å². The van der Waals surface area contributed by atoms with Gasteiger partial charge in [-0.05, 0) is 56.4 Å². The van der Waals surface area contributed by atoms with Crippen LogP contribution < -0.4 is 16.0 Å². The van der Waals surface area contributed by atoms with E-state index in [0.717, 1.165) is 63.2 Å². The van der Waals surface area contributed by atoms with Gasteiger partial charge in [0.1, 0.15) is 11.6 Å². The molecule has 5 rings (SSSR count). The number of nitrogens with one attached hydrogen (secondary N) is 1. The molecule has 0 radical (unpaired) electrons. The number of unbranched alkanes of at least 4 members (excludes halogenated alkanes) is 3. The van der Waals surface area contributed by atoms with Gasteiger partial charge in [0.05, 0.1) is 6.16 Å². The molecule has 1 saturated heterocycles. The van der Waals surface area contributed by atoms with Crippen LogP contribution in [0.2, 0.25) is 0 Å². The molecule has 0 unspecified atom stereocenters. The number of nitrogen functional groups attached to an aromatic ring is 1. The van der Waals surface area contributed by atoms with Gasteiger partial charge in [-0.25, -0.2) is 0 Å². The molecule has 10 heteroatoms. The quantitative estimate of drug-likeness (QED) is 0.113. The maximum absolute atomic E-state index is 11.5. The van der Waals surface area contributed by atoms with E-state index in [1.54, 1.807) is 0 Å². The highest BCUT2D eigenvalue weighted by atomic mass is 31.2. The molecule has 0 atom stereocenters. The predicted molar refractivity (Wildman–Crippen MR) is 186 cm³/mol. The summed E-state index contributed by atoms with van der Waals surface area (Å²) in [6.07, 6.45) is 27.7. The Hall–Kier alpha value is -1.41. The Morgan fingerprint density at radius 3 is 2.16 bits per heavy atom. The summed E-state index contributed by atoms with van der Waals surface area (Å²) >= 11 is 0. The molecule has 1 spiro atoms. The zero-order valence-corrected chi connectivity index (χ0v) is 28.9. The number of piperazine rings is 1. The zero-order valence-electron chi connectivity index (χ0n) is 28.0. The van der Waals surface area contributed by atoms with Crippen LogP contribution in [0.25, 0.3) is 0 Å². The van der Waals surface area contributed by atoms with Crippen molar-refractivity contribution in [2.24, 2.45) is 17.8 Å². The molecule has 3 saturated carbocycles. The van der Waals surface area contributed by atoms with Crippen molar-refractivity contribution >= 4 is 25.2 Å². The molecule has 0 amide bonds. The molecule has 1 aliphatic heterocycles. The molecule has 1 aromatic heterocycles. The fourth-order valence-electron chi connectivity index (χ4n) is 9.06. The second-order valence-corrected chi connectivity index (χ2v) is 16.9. The molecule has 4 fully saturated rings. The van der Waals surface area contributed by atoms with Crippen LogP contribution >= 0.6 is 7.60 Å². The maximum Gasteiger partial charge on any atom is 0.325 e. The summed E-state index contributed by atoms with van der Waals surface area (Å²) in [5.74, 6) is 4.67. The average Bonchev–Trinajstić information content (AvgIpc) is 3.03. The van der Waals surface area contributed by atoms with Crippen molar-refractivity contribution in [3.63, 3.8) is 0 Å². The minimum Gasteiger partial charge on any atom is -0.383 e. The van der Waals surface area contributed by atoms with Crippen LogP contribution in [0, 0.1) is 17.8 Å². The summed E-state index contributed by atoms with van der Waals surface area (Å²) in [7, 11) is -3.96. The van der Waals surface area contributed by atoms with Crippen LogP contribution in [0.15, 0.2) is 6.07 Å². The Balaban J connectivity index is 1.03. The molecule has 3 aliphatic carbocycles. The summed E-state index contributed by atoms with van der Waals surface area (Å²) in [4.78, 5) is 33.1. The first-order chi connectivity index (χ1) is 21.8. The molecule has 1 aromatic rings. The van der Waals surface area contributed by atoms with Gasteiger partial charge in [-0.15, -0.1) is 0 Å². The lowest BCUT2D eigenvalue weighted by atomic mass is 9.78. The van der Waals surface area contributed by atoms with Crippen molar-refractivity contribution in [2.45, 2.75) is 140 Å². The van der Waals surface area contributed by atoms with Gasteiger partial charge in [-0.1, -0.05) is 103 Å². The standard InChI is InChI=1S/C35H63N6O3P/c36-32-26-33(40-23-24-41(22-11-25-45(42,43)44)35(28-40)20-9-4-10-21-35)39-34(38-32)37-27-31-18-16-30(17-19-31)15-6-2-1-5-12-29-13-7-3-8-14-29/h26,29-31H,1-25,27-28H2,(H2,42,43,44)(H3,36,37,38,39). The van der Waals surface area contributed by atoms with E-state index in [2.05, 4.69) is 20.1 Å². The third kappa shape index (κ3) is 11.1. The highest BCUT2D eigenvalue weighted by Gasteiger charge is 2.42. The van der Waals surface area contributed by atoms with Crippen LogP contribution in [-0.4, -0.2) is 69.1 Å². The van der Waals surface area contributed by atoms with E-state index in [1.807, 2.05) is 6.07 Å². The Bertz CT molecular complexity index is 1070. The van der Waals surface area contributed by atoms with Crippen LogP contribution in [0.4, 0.5) is 17.6 Å². The van der Waals surface area contributed by atoms with Gasteiger partial charge in [-0.3, -0.25) is 9.46 Å². The van der Waals surface area contributed by atoms with E-state index in [-0.39, 0.29) is 11.7 Å². The summed E-state index contributed by atoms with van der Waals surface area (Å²) in [5.41, 5.74) is 6.34. The van der Waals surface area contributed by atoms with Gasteiger partial charge in [0.25, 0.3) is 0 Å². The van der Waals surface area contributed by atoms with Crippen LogP contribution in [0.3, 0.4) is 0 Å². The number of rotatable bonds is 15. The average molecular weight is 647 g/mol. The Morgan fingerprint density at radius 1 is 0.822 bits per heavy atom. The first-order valence-electron chi connectivity index (χ1n) is 18.7. The summed E-state index contributed by atoms with van der Waals surface area (Å²) in [5, 5.41) is 3.55. The van der Waals surface area contributed by atoms with Crippen LogP contribution in [-0.2, 0) is 4.57 Å². The number of aromatic nitrogens is 2. The SMILES string of the molecule is Nc1cc(N2CCN(CCCP(=O)(O)O)C3(CCCCC3)C2)nc(NCC2CCC(CCCCCCC3CCCCC3)CC2)n1. The van der Waals surface area contributed by atoms with E-state index in [1.165, 1.54) is 116 Å². The predicted octanol–water partition coefficient (Wildman–Crippen LogP) is 7.59. The fourth-order valence-corrected chi connectivity index (χ4v) is 9.61. The van der Waals surface area contributed by atoms with Gasteiger partial charge in [0, 0.05) is 37.8 Å². The highest BCUT2D eigenvalue weighted by Crippen LogP contribution is 2.40. The van der Waals surface area contributed by atoms with Gasteiger partial charge < -0.3 is 25.7 Å². The first-order valence-corrected chi connectivity index (χ1v) is 20.5. The molecular formula is C35H63N6O3P. The lowest BCUT2D eigenvalue weighted by molar-refractivity contribution is 0.0386. The largest absolute Gasteiger partial charge is 0.383 e. The molecule has 2 heterocycles. The Labute approximate surface area is 273 Å². The number of hydrogen-bond donors (Lipinski definition) is 4. The van der Waals surface area contributed by atoms with Gasteiger partial charge in [-0.2, -0.15) is 9.97 Å². The molecule has 0 bridgehead atoms. The minimum absolute atomic E-state index is 0.0340. The number of hydrogen-bond acceptors (Lipinski definition) is 7. The van der Waals surface area contributed by atoms with Crippen molar-refractivity contribution in [1.82, 2.24) is 14.9 Å². The first kappa shape index (κ1) is 34.9. The lowest BCUT2D eigenvalue weighted by Gasteiger charge is -2.53. The summed E-state index contributed by atoms with van der Waals surface area (Å²) < 4.78 is 11.5. The summed E-state index contributed by atoms with van der Waals surface area (Å²) in [6, 6.07) is 1.91. The Morgan fingerprint density at radius 2 is 1.47 bits per heavy atom. The van der Waals surface area contributed by atoms with Crippen molar-refractivity contribution < 1.29 is 14.4 Å². The van der Waals surface area contributed by atoms with Crippen molar-refractivity contribution in [3.05, 3.63) is 6.07 Å². The molecule has 0 aromatic carbocycles. The number of nitrogens with zero attached hydrogens (tertiary/aromatic N) is 4. The number of nitrogens with two attached hydrogens (primary N) is 1. The van der Waals surface area contributed by atoms with E-state index in [4.69, 9.17) is 10.7 Å². The molecule has 9 nitrogen and oxygen atoms in total. The zero-order chi connectivity index (χ0) is 31.5. The van der Waals surface area contributed by atoms with Crippen LogP contribution in [0.5, 0.6) is 0 Å². The molecule has 45 heavy (non-hydrogen) atoms. The van der Waals surface area contributed by atoms with Gasteiger partial charge in [0.15, 0.2) is 0 Å². The monoisotopic (exact) mass is 646 g/mol. The van der Waals surface area contributed by atoms with E-state index >= 15 is 0 Å². The van der Waals surface area contributed by atoms with E-state index in [0.29, 0.717) is 24.1 Å². The lowest BCUT2D eigenvalue weighted by Crippen LogP contribution is -2.63. The van der Waals surface area contributed by atoms with Gasteiger partial charge >= 0.3 is 7.60 Å². The maximum atomic E-state index is 11.5. The Kier molecular flexibility index (Phi) is 13.3. The van der Waals surface area contributed by atoms with E-state index in [9.17, 15) is 14.4 Å². The van der Waals surface area contributed by atoms with Crippen molar-refractivity contribution in [1.29, 1.82) is 0 Å². The van der Waals surface area contributed by atoms with Gasteiger partial charge in [0.2, 0.25) is 5.95 Å².